The first-order valence-electron chi connectivity index (χ1n) is 5.69. The minimum atomic E-state index is 0.107. The molecule has 0 heterocycles. The van der Waals surface area contributed by atoms with Crippen molar-refractivity contribution < 1.29 is 4.79 Å². The lowest BCUT2D eigenvalue weighted by Gasteiger charge is -2.28. The molecule has 0 spiro atoms. The maximum absolute atomic E-state index is 10.8. The molecule has 1 saturated carbocycles. The van der Waals surface area contributed by atoms with Crippen LogP contribution < -0.4 is 11.1 Å². The summed E-state index contributed by atoms with van der Waals surface area (Å²) in [6, 6.07) is 0.432. The average molecular weight is 198 g/mol. The molecule has 0 bridgehead atoms. The molecular formula is C11H22N2O. The highest BCUT2D eigenvalue weighted by Crippen LogP contribution is 2.27. The lowest BCUT2D eigenvalue weighted by molar-refractivity contribution is -0.119. The number of carbonyl (C=O) groups excluding carboxylic acids is 1. The van der Waals surface area contributed by atoms with E-state index >= 15 is 0 Å². The van der Waals surface area contributed by atoms with E-state index in [9.17, 15) is 4.79 Å². The van der Waals surface area contributed by atoms with Gasteiger partial charge in [0, 0.05) is 13.0 Å². The Hall–Kier alpha value is -0.570. The largest absolute Gasteiger partial charge is 0.354 e. The molecule has 0 atom stereocenters. The molecule has 0 aromatic rings. The zero-order chi connectivity index (χ0) is 10.4. The Morgan fingerprint density at radius 3 is 2.50 bits per heavy atom. The molecule has 0 unspecified atom stereocenters. The molecule has 1 fully saturated rings. The van der Waals surface area contributed by atoms with Crippen molar-refractivity contribution in [2.75, 3.05) is 6.54 Å². The molecule has 0 aromatic carbocycles. The highest BCUT2D eigenvalue weighted by Gasteiger charge is 2.20. The summed E-state index contributed by atoms with van der Waals surface area (Å²) < 4.78 is 0. The van der Waals surface area contributed by atoms with Gasteiger partial charge in [0.2, 0.25) is 5.91 Å². The van der Waals surface area contributed by atoms with Crippen LogP contribution in [0.4, 0.5) is 0 Å². The number of rotatable bonds is 4. The van der Waals surface area contributed by atoms with Gasteiger partial charge in [0.15, 0.2) is 0 Å². The Balaban J connectivity index is 2.14. The molecule has 1 rings (SSSR count). The van der Waals surface area contributed by atoms with Gasteiger partial charge in [-0.2, -0.15) is 0 Å². The van der Waals surface area contributed by atoms with Crippen LogP contribution >= 0.6 is 0 Å². The first-order chi connectivity index (χ1) is 6.72. The van der Waals surface area contributed by atoms with E-state index in [1.165, 1.54) is 19.3 Å². The van der Waals surface area contributed by atoms with E-state index in [0.717, 1.165) is 31.7 Å². The van der Waals surface area contributed by atoms with Gasteiger partial charge in [-0.15, -0.1) is 0 Å². The van der Waals surface area contributed by atoms with E-state index < -0.39 is 0 Å². The lowest BCUT2D eigenvalue weighted by atomic mass is 9.83. The zero-order valence-corrected chi connectivity index (χ0v) is 9.09. The smallest absolute Gasteiger partial charge is 0.217 e. The van der Waals surface area contributed by atoms with Crippen LogP contribution in [-0.4, -0.2) is 18.5 Å². The minimum Gasteiger partial charge on any atom is -0.354 e. The maximum atomic E-state index is 10.8. The third-order valence-electron chi connectivity index (χ3n) is 3.07. The second kappa shape index (κ2) is 6.02. The molecule has 1 aliphatic rings. The quantitative estimate of drug-likeness (QED) is 0.718. The number of hydrogen-bond donors (Lipinski definition) is 2. The summed E-state index contributed by atoms with van der Waals surface area (Å²) in [4.78, 5) is 10.8. The zero-order valence-electron chi connectivity index (χ0n) is 9.09. The molecule has 1 amide bonds. The predicted molar refractivity (Wildman–Crippen MR) is 57.9 cm³/mol. The second-order valence-corrected chi connectivity index (χ2v) is 4.35. The van der Waals surface area contributed by atoms with Crippen molar-refractivity contribution >= 4 is 5.91 Å². The van der Waals surface area contributed by atoms with Crippen LogP contribution in [0.1, 0.15) is 45.4 Å². The normalized spacial score (nSPS) is 27.3. The van der Waals surface area contributed by atoms with E-state index in [1.807, 2.05) is 0 Å². The minimum absolute atomic E-state index is 0.107. The fourth-order valence-corrected chi connectivity index (χ4v) is 2.29. The van der Waals surface area contributed by atoms with Gasteiger partial charge in [-0.3, -0.25) is 4.79 Å². The average Bonchev–Trinajstić information content (AvgIpc) is 2.16. The summed E-state index contributed by atoms with van der Waals surface area (Å²) in [7, 11) is 0. The molecule has 14 heavy (non-hydrogen) atoms. The van der Waals surface area contributed by atoms with Crippen molar-refractivity contribution in [1.29, 1.82) is 0 Å². The molecule has 3 heteroatoms. The van der Waals surface area contributed by atoms with Crippen LogP contribution in [-0.2, 0) is 4.79 Å². The summed E-state index contributed by atoms with van der Waals surface area (Å²) in [5.74, 6) is 0.957. The van der Waals surface area contributed by atoms with Gasteiger partial charge in [0.05, 0.1) is 0 Å². The van der Waals surface area contributed by atoms with E-state index in [2.05, 4.69) is 5.32 Å². The van der Waals surface area contributed by atoms with Crippen molar-refractivity contribution in [3.8, 4) is 0 Å². The Kier molecular flexibility index (Phi) is 4.94. The van der Waals surface area contributed by atoms with Gasteiger partial charge in [-0.05, 0) is 51.0 Å². The molecule has 0 saturated heterocycles. The maximum Gasteiger partial charge on any atom is 0.217 e. The summed E-state index contributed by atoms with van der Waals surface area (Å²) in [5, 5.41) is 2.99. The highest BCUT2D eigenvalue weighted by atomic mass is 16.1. The number of nitrogens with one attached hydrogen (secondary N) is 1. The topological polar surface area (TPSA) is 55.1 Å². The van der Waals surface area contributed by atoms with Crippen LogP contribution in [0.2, 0.25) is 0 Å². The fraction of sp³-hybridized carbons (Fsp3) is 0.909. The predicted octanol–water partition coefficient (Wildman–Crippen LogP) is 1.42. The molecule has 0 radical (unpaired) electrons. The summed E-state index contributed by atoms with van der Waals surface area (Å²) in [6.07, 6.45) is 7.22. The Labute approximate surface area is 86.4 Å². The molecular weight excluding hydrogens is 176 g/mol. The highest BCUT2D eigenvalue weighted by molar-refractivity contribution is 5.73. The molecule has 1 aliphatic carbocycles. The van der Waals surface area contributed by atoms with E-state index in [4.69, 9.17) is 5.73 Å². The van der Waals surface area contributed by atoms with Gasteiger partial charge < -0.3 is 11.1 Å². The van der Waals surface area contributed by atoms with Crippen LogP contribution in [0.3, 0.4) is 0 Å². The Bertz CT molecular complexity index is 174. The van der Waals surface area contributed by atoms with Gasteiger partial charge in [0.25, 0.3) is 0 Å². The third-order valence-corrected chi connectivity index (χ3v) is 3.07. The van der Waals surface area contributed by atoms with Gasteiger partial charge in [0.1, 0.15) is 0 Å². The number of carbonyl (C=O) groups is 1. The van der Waals surface area contributed by atoms with Gasteiger partial charge >= 0.3 is 0 Å². The van der Waals surface area contributed by atoms with E-state index in [0.29, 0.717) is 6.04 Å². The van der Waals surface area contributed by atoms with Crippen molar-refractivity contribution in [2.45, 2.75) is 51.5 Å². The Morgan fingerprint density at radius 2 is 2.00 bits per heavy atom. The first kappa shape index (κ1) is 11.5. The number of hydrogen-bond acceptors (Lipinski definition) is 2. The lowest BCUT2D eigenvalue weighted by Crippen LogP contribution is -2.36. The number of amides is 1. The van der Waals surface area contributed by atoms with Crippen LogP contribution in [0, 0.1) is 5.92 Å². The van der Waals surface area contributed by atoms with Gasteiger partial charge in [-0.25, -0.2) is 0 Å². The van der Waals surface area contributed by atoms with Crippen LogP contribution in [0.5, 0.6) is 0 Å². The van der Waals surface area contributed by atoms with Crippen molar-refractivity contribution in [3.05, 3.63) is 0 Å². The number of nitrogens with two attached hydrogens (primary N) is 1. The molecule has 3 nitrogen and oxygen atoms in total. The van der Waals surface area contributed by atoms with Crippen molar-refractivity contribution in [2.24, 2.45) is 11.7 Å². The molecule has 3 N–H and O–H groups in total. The van der Waals surface area contributed by atoms with Crippen molar-refractivity contribution in [3.63, 3.8) is 0 Å². The van der Waals surface area contributed by atoms with Gasteiger partial charge in [-0.1, -0.05) is 0 Å². The second-order valence-electron chi connectivity index (χ2n) is 4.35. The standard InChI is InChI=1S/C11H22N2O/c1-9(14)13-11-6-4-10(5-7-11)3-2-8-12/h10-11H,2-8,12H2,1H3,(H,13,14). The monoisotopic (exact) mass is 198 g/mol. The first-order valence-corrected chi connectivity index (χ1v) is 5.69. The fourth-order valence-electron chi connectivity index (χ4n) is 2.29. The third kappa shape index (κ3) is 4.09. The summed E-state index contributed by atoms with van der Waals surface area (Å²) >= 11 is 0. The SMILES string of the molecule is CC(=O)NC1CCC(CCCN)CC1. The van der Waals surface area contributed by atoms with E-state index in [1.54, 1.807) is 6.92 Å². The Morgan fingerprint density at radius 1 is 1.36 bits per heavy atom. The van der Waals surface area contributed by atoms with Crippen molar-refractivity contribution in [1.82, 2.24) is 5.32 Å². The summed E-state index contributed by atoms with van der Waals surface area (Å²) in [5.41, 5.74) is 5.48. The molecule has 0 aliphatic heterocycles. The van der Waals surface area contributed by atoms with Crippen LogP contribution in [0.25, 0.3) is 0 Å². The molecule has 82 valence electrons. The summed E-state index contributed by atoms with van der Waals surface area (Å²) in [6.45, 7) is 2.41. The molecule has 0 aromatic heterocycles. The van der Waals surface area contributed by atoms with E-state index in [-0.39, 0.29) is 5.91 Å². The van der Waals surface area contributed by atoms with Crippen LogP contribution in [0.15, 0.2) is 0 Å².